The Labute approximate surface area is 300 Å². The van der Waals surface area contributed by atoms with Crippen LogP contribution in [0.15, 0.2) is 182 Å². The highest BCUT2D eigenvalue weighted by Gasteiger charge is 2.18. The molecule has 242 valence electrons. The van der Waals surface area contributed by atoms with Crippen LogP contribution in [0.25, 0.3) is 99.5 Å². The van der Waals surface area contributed by atoms with Gasteiger partial charge in [0.15, 0.2) is 17.5 Å². The van der Waals surface area contributed by atoms with Crippen LogP contribution in [0.3, 0.4) is 0 Å². The summed E-state index contributed by atoms with van der Waals surface area (Å²) < 4.78 is 0. The number of aromatic nitrogens is 4. The van der Waals surface area contributed by atoms with E-state index in [0.717, 1.165) is 49.4 Å². The maximum atomic E-state index is 5.21. The molecule has 0 aliphatic rings. The second-order valence-corrected chi connectivity index (χ2v) is 13.1. The zero-order valence-corrected chi connectivity index (χ0v) is 28.1. The van der Waals surface area contributed by atoms with Crippen molar-refractivity contribution in [1.82, 2.24) is 19.9 Å². The number of hydrogen-bond donors (Lipinski definition) is 0. The molecule has 0 amide bonds. The smallest absolute Gasteiger partial charge is 0.164 e. The van der Waals surface area contributed by atoms with Crippen LogP contribution in [0.4, 0.5) is 0 Å². The van der Waals surface area contributed by atoms with E-state index >= 15 is 0 Å². The predicted octanol–water partition coefficient (Wildman–Crippen LogP) is 12.2. The number of nitrogens with zero attached hydrogens (tertiary/aromatic N) is 4. The molecule has 0 aliphatic heterocycles. The van der Waals surface area contributed by atoms with Crippen molar-refractivity contribution in [1.29, 1.82) is 0 Å². The van der Waals surface area contributed by atoms with E-state index in [9.17, 15) is 0 Å². The minimum Gasteiger partial charge on any atom is -0.264 e. The van der Waals surface area contributed by atoms with Crippen molar-refractivity contribution >= 4 is 43.1 Å². The lowest BCUT2D eigenvalue weighted by Crippen LogP contribution is -2.01. The fraction of sp³-hybridized carbons (Fsp3) is 0. The molecule has 4 heteroatoms. The molecule has 0 saturated carbocycles. The first-order valence-electron chi connectivity index (χ1n) is 17.5. The van der Waals surface area contributed by atoms with Crippen LogP contribution in [-0.4, -0.2) is 19.9 Å². The van der Waals surface area contributed by atoms with Crippen molar-refractivity contribution in [3.63, 3.8) is 0 Å². The van der Waals surface area contributed by atoms with E-state index in [4.69, 9.17) is 15.0 Å². The Kier molecular flexibility index (Phi) is 7.10. The van der Waals surface area contributed by atoms with Gasteiger partial charge in [0, 0.05) is 34.5 Å². The molecule has 10 rings (SSSR count). The number of benzene rings is 8. The largest absolute Gasteiger partial charge is 0.264 e. The van der Waals surface area contributed by atoms with E-state index in [0.29, 0.717) is 17.5 Å². The molecule has 0 spiro atoms. The number of pyridine rings is 1. The Morgan fingerprint density at radius 2 is 0.904 bits per heavy atom. The first-order valence-corrected chi connectivity index (χ1v) is 17.5. The van der Waals surface area contributed by atoms with Gasteiger partial charge in [0.05, 0.1) is 0 Å². The van der Waals surface area contributed by atoms with E-state index in [2.05, 4.69) is 151 Å². The van der Waals surface area contributed by atoms with E-state index < -0.39 is 0 Å². The maximum absolute atomic E-state index is 5.21. The highest BCUT2D eigenvalue weighted by atomic mass is 15.0. The summed E-state index contributed by atoms with van der Waals surface area (Å²) in [6, 6.07) is 59.5. The molecule has 0 aliphatic carbocycles. The Morgan fingerprint density at radius 3 is 1.71 bits per heavy atom. The van der Waals surface area contributed by atoms with Gasteiger partial charge in [0.2, 0.25) is 0 Å². The SMILES string of the molecule is c1ccc(-c2ccc3cc(-c4nc(-c5ccccc5)nc(-c5ccccc5-c5cc6ccc7ccccc7c6c6cnccc56)n4)ccc3c2)cc1. The van der Waals surface area contributed by atoms with Crippen LogP contribution in [0, 0.1) is 0 Å². The standard InChI is InChI=1S/C48H30N4/c1-3-11-31(12-4-1)34-20-21-36-28-38(24-22-35(36)27-34)47-50-46(33-14-5-2-6-15-33)51-48(52-47)42-18-10-9-17-40(42)43-29-37-23-19-32-13-7-8-16-39(32)45(37)44-30-49-26-25-41(43)44/h1-30H. The van der Waals surface area contributed by atoms with Gasteiger partial charge in [-0.2, -0.15) is 0 Å². The van der Waals surface area contributed by atoms with Gasteiger partial charge in [0.25, 0.3) is 0 Å². The second kappa shape index (κ2) is 12.4. The minimum atomic E-state index is 0.625. The van der Waals surface area contributed by atoms with Gasteiger partial charge >= 0.3 is 0 Å². The number of fused-ring (bicyclic) bond motifs is 6. The summed E-state index contributed by atoms with van der Waals surface area (Å²) in [4.78, 5) is 20.0. The molecule has 4 nitrogen and oxygen atoms in total. The third kappa shape index (κ3) is 5.17. The first-order chi connectivity index (χ1) is 25.8. The highest BCUT2D eigenvalue weighted by Crippen LogP contribution is 2.41. The molecule has 0 N–H and O–H groups in total. The third-order valence-electron chi connectivity index (χ3n) is 9.97. The molecular formula is C48H30N4. The van der Waals surface area contributed by atoms with Crippen LogP contribution in [0.1, 0.15) is 0 Å². The fourth-order valence-corrected chi connectivity index (χ4v) is 7.44. The topological polar surface area (TPSA) is 51.6 Å². The van der Waals surface area contributed by atoms with E-state index in [1.54, 1.807) is 0 Å². The molecule has 52 heavy (non-hydrogen) atoms. The molecule has 8 aromatic carbocycles. The van der Waals surface area contributed by atoms with Crippen molar-refractivity contribution in [2.75, 3.05) is 0 Å². The van der Waals surface area contributed by atoms with Gasteiger partial charge in [-0.25, -0.2) is 15.0 Å². The molecule has 0 atom stereocenters. The summed E-state index contributed by atoms with van der Waals surface area (Å²) in [7, 11) is 0. The number of hydrogen-bond acceptors (Lipinski definition) is 4. The van der Waals surface area contributed by atoms with Gasteiger partial charge in [-0.05, 0) is 84.2 Å². The lowest BCUT2D eigenvalue weighted by molar-refractivity contribution is 1.07. The van der Waals surface area contributed by atoms with E-state index in [1.807, 2.05) is 36.7 Å². The van der Waals surface area contributed by atoms with Crippen LogP contribution in [0.5, 0.6) is 0 Å². The summed E-state index contributed by atoms with van der Waals surface area (Å²) in [5.74, 6) is 1.89. The predicted molar refractivity (Wildman–Crippen MR) is 215 cm³/mol. The summed E-state index contributed by atoms with van der Waals surface area (Å²) in [6.45, 7) is 0. The Morgan fingerprint density at radius 1 is 0.308 bits per heavy atom. The van der Waals surface area contributed by atoms with Gasteiger partial charge in [-0.15, -0.1) is 0 Å². The van der Waals surface area contributed by atoms with Gasteiger partial charge in [-0.1, -0.05) is 146 Å². The van der Waals surface area contributed by atoms with Crippen molar-refractivity contribution in [2.45, 2.75) is 0 Å². The molecule has 2 heterocycles. The molecule has 0 bridgehead atoms. The van der Waals surface area contributed by atoms with Crippen LogP contribution in [-0.2, 0) is 0 Å². The third-order valence-corrected chi connectivity index (χ3v) is 9.97. The lowest BCUT2D eigenvalue weighted by atomic mass is 9.90. The number of rotatable bonds is 5. The molecule has 0 radical (unpaired) electrons. The molecular weight excluding hydrogens is 633 g/mol. The average Bonchev–Trinajstić information content (AvgIpc) is 3.23. The summed E-state index contributed by atoms with van der Waals surface area (Å²) >= 11 is 0. The average molecular weight is 663 g/mol. The second-order valence-electron chi connectivity index (χ2n) is 13.1. The first kappa shape index (κ1) is 29.8. The summed E-state index contributed by atoms with van der Waals surface area (Å²) in [5.41, 5.74) is 7.37. The Balaban J connectivity index is 1.16. The highest BCUT2D eigenvalue weighted by molar-refractivity contribution is 6.23. The lowest BCUT2D eigenvalue weighted by Gasteiger charge is -2.16. The zero-order valence-electron chi connectivity index (χ0n) is 28.1. The van der Waals surface area contributed by atoms with Gasteiger partial charge in [0.1, 0.15) is 0 Å². The quantitative estimate of drug-likeness (QED) is 0.172. The zero-order chi connectivity index (χ0) is 34.4. The normalized spacial score (nSPS) is 11.5. The van der Waals surface area contributed by atoms with Gasteiger partial charge in [-0.3, -0.25) is 4.98 Å². The maximum Gasteiger partial charge on any atom is 0.164 e. The van der Waals surface area contributed by atoms with Crippen molar-refractivity contribution in [2.24, 2.45) is 0 Å². The van der Waals surface area contributed by atoms with Gasteiger partial charge < -0.3 is 0 Å². The summed E-state index contributed by atoms with van der Waals surface area (Å²) in [5, 5.41) is 9.36. The van der Waals surface area contributed by atoms with Crippen LogP contribution >= 0.6 is 0 Å². The van der Waals surface area contributed by atoms with Crippen molar-refractivity contribution in [3.8, 4) is 56.4 Å². The Hall–Kier alpha value is -7.04. The molecule has 2 aromatic heterocycles. The fourth-order valence-electron chi connectivity index (χ4n) is 7.44. The van der Waals surface area contributed by atoms with Crippen molar-refractivity contribution < 1.29 is 0 Å². The van der Waals surface area contributed by atoms with Crippen LogP contribution in [0.2, 0.25) is 0 Å². The molecule has 0 unspecified atom stereocenters. The molecule has 0 fully saturated rings. The Bertz CT molecular complexity index is 2960. The van der Waals surface area contributed by atoms with E-state index in [1.165, 1.54) is 32.7 Å². The van der Waals surface area contributed by atoms with Crippen molar-refractivity contribution in [3.05, 3.63) is 182 Å². The summed E-state index contributed by atoms with van der Waals surface area (Å²) in [6.07, 6.45) is 3.87. The monoisotopic (exact) mass is 662 g/mol. The van der Waals surface area contributed by atoms with Crippen LogP contribution < -0.4 is 0 Å². The minimum absolute atomic E-state index is 0.625. The molecule has 10 aromatic rings. The molecule has 0 saturated heterocycles. The van der Waals surface area contributed by atoms with E-state index in [-0.39, 0.29) is 0 Å².